The molecular weight excluding hydrogens is 519 g/mol. The van der Waals surface area contributed by atoms with Gasteiger partial charge in [0.1, 0.15) is 11.7 Å². The summed E-state index contributed by atoms with van der Waals surface area (Å²) >= 11 is 2.36. The van der Waals surface area contributed by atoms with Gasteiger partial charge in [-0.3, -0.25) is 4.79 Å². The number of aliphatic carboxylic acids is 1. The minimum Gasteiger partial charge on any atom is -0.481 e. The van der Waals surface area contributed by atoms with Crippen molar-refractivity contribution in [3.63, 3.8) is 0 Å². The molecule has 1 saturated heterocycles. The van der Waals surface area contributed by atoms with Crippen molar-refractivity contribution in [2.75, 3.05) is 11.0 Å². The Labute approximate surface area is 204 Å². The number of aliphatic hydroxyl groups is 1. The van der Waals surface area contributed by atoms with Gasteiger partial charge in [0.2, 0.25) is 0 Å². The molecule has 5 nitrogen and oxygen atoms in total. The monoisotopic (exact) mass is 556 g/mol. The molecule has 178 valence electrons. The van der Waals surface area contributed by atoms with Crippen LogP contribution in [-0.4, -0.2) is 45.7 Å². The van der Waals surface area contributed by atoms with E-state index < -0.39 is 22.2 Å². The molecule has 6 heteroatoms. The van der Waals surface area contributed by atoms with E-state index in [2.05, 4.69) is 49.4 Å². The van der Waals surface area contributed by atoms with E-state index in [9.17, 15) is 19.8 Å². The van der Waals surface area contributed by atoms with Crippen LogP contribution >= 0.6 is 22.6 Å². The average Bonchev–Trinajstić information content (AvgIpc) is 3.46. The number of carbonyl (C=O) groups excluding carboxylic acids is 1. The van der Waals surface area contributed by atoms with Gasteiger partial charge in [0.25, 0.3) is 0 Å². The van der Waals surface area contributed by atoms with Gasteiger partial charge in [-0.15, -0.1) is 0 Å². The number of carboxylic acids is 1. The quantitative estimate of drug-likeness (QED) is 0.209. The molecule has 6 unspecified atom stereocenters. The van der Waals surface area contributed by atoms with Crippen molar-refractivity contribution in [3.8, 4) is 0 Å². The smallest absolute Gasteiger partial charge is 0.315 e. The summed E-state index contributed by atoms with van der Waals surface area (Å²) in [5, 5.41) is 20.8. The number of hydrogen-bond donors (Lipinski definition) is 2. The third-order valence-electron chi connectivity index (χ3n) is 10.6. The van der Waals surface area contributed by atoms with Gasteiger partial charge in [0.05, 0.1) is 17.6 Å². The van der Waals surface area contributed by atoms with Gasteiger partial charge in [-0.1, -0.05) is 61.4 Å². The van der Waals surface area contributed by atoms with E-state index >= 15 is 0 Å². The van der Waals surface area contributed by atoms with Gasteiger partial charge in [0, 0.05) is 16.4 Å². The number of carboxylic acid groups (broad SMARTS) is 1. The lowest BCUT2D eigenvalue weighted by molar-refractivity contribution is -0.196. The Balaban J connectivity index is 1.72. The predicted octanol–water partition coefficient (Wildman–Crippen LogP) is 4.50. The standard InChI is InChI=1S/C26H37IO5/c1-14(2)20-9-17-10-24(13-29)19-5-4-15(3)18(19)11-25(17,26(20,24)23(30)31)22-8-16(6-7-28)21(12-27)32-22/h9,13-19,21-22,28H,4-8,10-12H2,1-3H3,(H,30,31)/t15-,16?,17?,18-,19-,21?,22?,24?,25?,26+/m1/s1. The highest BCUT2D eigenvalue weighted by Crippen LogP contribution is 2.84. The van der Waals surface area contributed by atoms with Crippen molar-refractivity contribution >= 4 is 34.8 Å². The van der Waals surface area contributed by atoms with Gasteiger partial charge in [-0.05, 0) is 67.6 Å². The highest BCUT2D eigenvalue weighted by Gasteiger charge is 2.86. The summed E-state index contributed by atoms with van der Waals surface area (Å²) in [6, 6.07) is 0. The van der Waals surface area contributed by atoms with Gasteiger partial charge >= 0.3 is 5.97 Å². The Bertz CT molecular complexity index is 840. The first kappa shape index (κ1) is 23.3. The van der Waals surface area contributed by atoms with Crippen LogP contribution in [0.3, 0.4) is 0 Å². The Morgan fingerprint density at radius 1 is 1.34 bits per heavy atom. The third-order valence-corrected chi connectivity index (χ3v) is 11.5. The highest BCUT2D eigenvalue weighted by atomic mass is 127. The van der Waals surface area contributed by atoms with Crippen LogP contribution < -0.4 is 0 Å². The number of allylic oxidation sites excluding steroid dienone is 1. The fraction of sp³-hybridized carbons (Fsp3) is 0.846. The number of rotatable bonds is 7. The highest BCUT2D eigenvalue weighted by molar-refractivity contribution is 14.1. The second-order valence-electron chi connectivity index (χ2n) is 11.7. The molecule has 10 atom stereocenters. The lowest BCUT2D eigenvalue weighted by atomic mass is 9.41. The molecule has 0 aromatic rings. The molecule has 0 radical (unpaired) electrons. The normalized spacial score (nSPS) is 51.2. The second-order valence-corrected chi connectivity index (χ2v) is 12.6. The molecule has 4 bridgehead atoms. The van der Waals surface area contributed by atoms with Crippen molar-refractivity contribution < 1.29 is 24.5 Å². The lowest BCUT2D eigenvalue weighted by Gasteiger charge is -2.60. The van der Waals surface area contributed by atoms with E-state index in [-0.39, 0.29) is 42.5 Å². The minimum absolute atomic E-state index is 0.0415. The van der Waals surface area contributed by atoms with Crippen LogP contribution in [0, 0.1) is 51.8 Å². The van der Waals surface area contributed by atoms with E-state index in [0.29, 0.717) is 24.7 Å². The molecule has 0 spiro atoms. The van der Waals surface area contributed by atoms with Crippen LogP contribution in [0.5, 0.6) is 0 Å². The van der Waals surface area contributed by atoms with Crippen molar-refractivity contribution in [1.29, 1.82) is 0 Å². The molecule has 0 amide bonds. The fourth-order valence-corrected chi connectivity index (χ4v) is 10.5. The topological polar surface area (TPSA) is 83.8 Å². The van der Waals surface area contributed by atoms with Crippen LogP contribution in [-0.2, 0) is 14.3 Å². The largest absolute Gasteiger partial charge is 0.481 e. The number of aliphatic hydroxyl groups excluding tert-OH is 1. The average molecular weight is 556 g/mol. The summed E-state index contributed by atoms with van der Waals surface area (Å²) in [6.45, 7) is 6.60. The van der Waals surface area contributed by atoms with E-state index in [0.717, 1.165) is 42.0 Å². The molecule has 1 heterocycles. The van der Waals surface area contributed by atoms with Gasteiger partial charge < -0.3 is 19.7 Å². The minimum atomic E-state index is -1.17. The zero-order chi connectivity index (χ0) is 23.1. The third kappa shape index (κ3) is 2.48. The summed E-state index contributed by atoms with van der Waals surface area (Å²) in [4.78, 5) is 26.7. The molecule has 2 N–H and O–H groups in total. The number of fused-ring (bicyclic) bond motifs is 2. The Morgan fingerprint density at radius 3 is 2.69 bits per heavy atom. The summed E-state index contributed by atoms with van der Waals surface area (Å²) in [6.07, 6.45) is 8.25. The molecule has 3 saturated carbocycles. The van der Waals surface area contributed by atoms with E-state index in [1.807, 2.05) is 0 Å². The molecule has 32 heavy (non-hydrogen) atoms. The molecule has 5 aliphatic rings. The number of aldehydes is 1. The van der Waals surface area contributed by atoms with Gasteiger partial charge in [0.15, 0.2) is 0 Å². The van der Waals surface area contributed by atoms with Crippen molar-refractivity contribution in [1.82, 2.24) is 0 Å². The first-order valence-corrected chi connectivity index (χ1v) is 14.0. The van der Waals surface area contributed by atoms with Crippen LogP contribution in [0.1, 0.15) is 59.3 Å². The first-order chi connectivity index (χ1) is 15.2. The Hall–Kier alpha value is -0.470. The molecule has 5 rings (SSSR count). The summed E-state index contributed by atoms with van der Waals surface area (Å²) in [5.74, 6) is 0.654. The number of ether oxygens (including phenoxy) is 1. The van der Waals surface area contributed by atoms with Crippen LogP contribution in [0.25, 0.3) is 0 Å². The van der Waals surface area contributed by atoms with Crippen molar-refractivity contribution in [2.45, 2.75) is 71.5 Å². The molecule has 4 fully saturated rings. The van der Waals surface area contributed by atoms with Gasteiger partial charge in [-0.25, -0.2) is 0 Å². The van der Waals surface area contributed by atoms with Crippen LogP contribution in [0.15, 0.2) is 11.6 Å². The fourth-order valence-electron chi connectivity index (χ4n) is 9.62. The van der Waals surface area contributed by atoms with E-state index in [4.69, 9.17) is 4.74 Å². The zero-order valence-electron chi connectivity index (χ0n) is 19.4. The van der Waals surface area contributed by atoms with Crippen molar-refractivity contribution in [3.05, 3.63) is 11.6 Å². The molecule has 1 aliphatic heterocycles. The number of hydrogen-bond acceptors (Lipinski definition) is 4. The van der Waals surface area contributed by atoms with Crippen molar-refractivity contribution in [2.24, 2.45) is 51.8 Å². The van der Waals surface area contributed by atoms with Crippen LogP contribution in [0.2, 0.25) is 0 Å². The van der Waals surface area contributed by atoms with E-state index in [1.165, 1.54) is 0 Å². The maximum Gasteiger partial charge on any atom is 0.315 e. The molecule has 0 aromatic carbocycles. The van der Waals surface area contributed by atoms with E-state index in [1.54, 1.807) is 0 Å². The predicted molar refractivity (Wildman–Crippen MR) is 129 cm³/mol. The molecule has 0 aromatic heterocycles. The van der Waals surface area contributed by atoms with Crippen LogP contribution in [0.4, 0.5) is 0 Å². The Kier molecular flexibility index (Phi) is 5.65. The molecular formula is C26H37IO5. The number of carbonyl (C=O) groups is 2. The SMILES string of the molecule is CC(C)C1=CC2CC3(C=O)[C@@H]4CC[C@@H](C)[C@H]4CC2(C2CC(CCO)C(CI)O2)[C@]13C(=O)O. The first-order valence-electron chi connectivity index (χ1n) is 12.5. The summed E-state index contributed by atoms with van der Waals surface area (Å²) in [7, 11) is 0. The summed E-state index contributed by atoms with van der Waals surface area (Å²) < 4.78 is 7.60. The molecule has 4 aliphatic carbocycles. The second kappa shape index (κ2) is 7.77. The number of halogens is 1. The number of alkyl halides is 1. The lowest BCUT2D eigenvalue weighted by Crippen LogP contribution is -2.65. The summed E-state index contributed by atoms with van der Waals surface area (Å²) in [5.41, 5.74) is -1.58. The zero-order valence-corrected chi connectivity index (χ0v) is 21.6. The maximum absolute atomic E-state index is 13.6. The van der Waals surface area contributed by atoms with Gasteiger partial charge in [-0.2, -0.15) is 0 Å². The maximum atomic E-state index is 13.6. The Morgan fingerprint density at radius 2 is 2.09 bits per heavy atom.